The van der Waals surface area contributed by atoms with Crippen molar-refractivity contribution in [2.45, 2.75) is 31.7 Å². The summed E-state index contributed by atoms with van der Waals surface area (Å²) in [6, 6.07) is 0.882. The molecule has 0 saturated carbocycles. The van der Waals surface area contributed by atoms with Gasteiger partial charge in [0.2, 0.25) is 0 Å². The van der Waals surface area contributed by atoms with E-state index >= 15 is 0 Å². The maximum atomic E-state index is 9.31. The van der Waals surface area contributed by atoms with Crippen molar-refractivity contribution in [3.8, 4) is 0 Å². The summed E-state index contributed by atoms with van der Waals surface area (Å²) in [6.07, 6.45) is 5.16. The van der Waals surface area contributed by atoms with Crippen LogP contribution >= 0.6 is 0 Å². The normalized spacial score (nSPS) is 18.9. The first kappa shape index (κ1) is 14.1. The highest BCUT2D eigenvalue weighted by atomic mass is 28.4. The zero-order chi connectivity index (χ0) is 11.9. The van der Waals surface area contributed by atoms with Gasteiger partial charge in [0.1, 0.15) is 0 Å². The van der Waals surface area contributed by atoms with Crippen LogP contribution in [0.1, 0.15) is 25.7 Å². The van der Waals surface area contributed by atoms with Gasteiger partial charge < -0.3 is 18.9 Å². The summed E-state index contributed by atoms with van der Waals surface area (Å²) in [4.78, 5) is 2.51. The quantitative estimate of drug-likeness (QED) is 0.685. The third-order valence-electron chi connectivity index (χ3n) is 3.47. The Hall–Kier alpha value is 0.0569. The van der Waals surface area contributed by atoms with E-state index in [-0.39, 0.29) is 6.23 Å². The molecule has 4 nitrogen and oxygen atoms in total. The van der Waals surface area contributed by atoms with Crippen molar-refractivity contribution in [2.75, 3.05) is 40.1 Å². The molecule has 0 aliphatic carbocycles. The van der Waals surface area contributed by atoms with Gasteiger partial charge >= 0.3 is 8.56 Å². The zero-order valence-corrected chi connectivity index (χ0v) is 11.6. The van der Waals surface area contributed by atoms with Crippen LogP contribution in [-0.2, 0) is 8.85 Å². The molecule has 5 heteroatoms. The summed E-state index contributed by atoms with van der Waals surface area (Å²) in [7, 11) is 1.02. The number of aliphatic hydroxyl groups excluding tert-OH is 1. The molecular weight excluding hydrogens is 222 g/mol. The van der Waals surface area contributed by atoms with Crippen LogP contribution in [0.3, 0.4) is 0 Å². The maximum absolute atomic E-state index is 9.31. The Balaban J connectivity index is 2.21. The Bertz CT molecular complexity index is 174. The molecule has 0 radical (unpaired) electrons. The summed E-state index contributed by atoms with van der Waals surface area (Å²) < 4.78 is 10.7. The Labute approximate surface area is 99.8 Å². The molecular formula is C11H25NO3Si. The van der Waals surface area contributed by atoms with Crippen LogP contribution < -0.4 is 0 Å². The second kappa shape index (κ2) is 7.40. The highest BCUT2D eigenvalue weighted by Gasteiger charge is 2.34. The molecule has 0 aromatic heterocycles. The van der Waals surface area contributed by atoms with E-state index in [2.05, 4.69) is 4.90 Å². The second-order valence-corrected chi connectivity index (χ2v) is 7.94. The van der Waals surface area contributed by atoms with Gasteiger partial charge in [-0.1, -0.05) is 6.42 Å². The van der Waals surface area contributed by atoms with E-state index in [9.17, 15) is 5.11 Å². The lowest BCUT2D eigenvalue weighted by molar-refractivity contribution is 0.189. The number of rotatable bonds is 7. The average Bonchev–Trinajstić information content (AvgIpc) is 2.37. The number of hydrogen-bond acceptors (Lipinski definition) is 4. The average molecular weight is 247 g/mol. The summed E-state index contributed by atoms with van der Waals surface area (Å²) in [5.41, 5.74) is 0. The van der Waals surface area contributed by atoms with Crippen molar-refractivity contribution >= 4 is 8.56 Å². The second-order valence-electron chi connectivity index (χ2n) is 4.48. The van der Waals surface area contributed by atoms with Gasteiger partial charge in [0.15, 0.2) is 0 Å². The molecule has 1 fully saturated rings. The van der Waals surface area contributed by atoms with Crippen LogP contribution in [0.4, 0.5) is 0 Å². The monoisotopic (exact) mass is 247 g/mol. The van der Waals surface area contributed by atoms with Crippen molar-refractivity contribution in [3.63, 3.8) is 0 Å². The van der Waals surface area contributed by atoms with E-state index in [1.165, 1.54) is 32.4 Å². The minimum absolute atomic E-state index is 0.0556. The van der Waals surface area contributed by atoms with Crippen LogP contribution in [0.15, 0.2) is 0 Å². The fraction of sp³-hybridized carbons (Fsp3) is 1.00. The maximum Gasteiger partial charge on any atom is 0.364 e. The molecule has 1 rings (SSSR count). The first-order valence-corrected chi connectivity index (χ1v) is 8.43. The molecule has 0 aromatic carbocycles. The summed E-state index contributed by atoms with van der Waals surface area (Å²) in [6.45, 7) is 3.57. The molecule has 1 N–H and O–H groups in total. The molecule has 1 aliphatic heterocycles. The van der Waals surface area contributed by atoms with Gasteiger partial charge in [-0.3, -0.25) is 0 Å². The van der Waals surface area contributed by atoms with Gasteiger partial charge in [0.25, 0.3) is 0 Å². The Kier molecular flexibility index (Phi) is 6.53. The Morgan fingerprint density at radius 1 is 1.12 bits per heavy atom. The van der Waals surface area contributed by atoms with Crippen molar-refractivity contribution in [1.29, 1.82) is 0 Å². The van der Waals surface area contributed by atoms with Crippen molar-refractivity contribution in [3.05, 3.63) is 0 Å². The topological polar surface area (TPSA) is 41.9 Å². The number of nitrogens with zero attached hydrogens (tertiary/aromatic N) is 1. The van der Waals surface area contributed by atoms with Crippen molar-refractivity contribution in [1.82, 2.24) is 4.90 Å². The van der Waals surface area contributed by atoms with Gasteiger partial charge in [0, 0.05) is 14.2 Å². The zero-order valence-electron chi connectivity index (χ0n) is 10.6. The lowest BCUT2D eigenvalue weighted by atomic mass is 10.1. The highest BCUT2D eigenvalue weighted by Crippen LogP contribution is 2.15. The van der Waals surface area contributed by atoms with E-state index in [1.54, 1.807) is 14.2 Å². The largest absolute Gasteiger partial charge is 0.396 e. The molecule has 0 aromatic rings. The smallest absolute Gasteiger partial charge is 0.364 e. The van der Waals surface area contributed by atoms with Crippen LogP contribution in [0.2, 0.25) is 6.04 Å². The predicted octanol–water partition coefficient (Wildman–Crippen LogP) is 1.13. The van der Waals surface area contributed by atoms with Crippen LogP contribution in [0.25, 0.3) is 0 Å². The van der Waals surface area contributed by atoms with Gasteiger partial charge in [-0.05, 0) is 44.9 Å². The van der Waals surface area contributed by atoms with Crippen LogP contribution in [0.5, 0.6) is 0 Å². The molecule has 0 amide bonds. The lowest BCUT2D eigenvalue weighted by Gasteiger charge is -2.29. The summed E-state index contributed by atoms with van der Waals surface area (Å²) >= 11 is 0. The first-order chi connectivity index (χ1) is 7.76. The summed E-state index contributed by atoms with van der Waals surface area (Å²) in [5.74, 6) is 0. The van der Waals surface area contributed by atoms with Crippen molar-refractivity contribution in [2.24, 2.45) is 0 Å². The van der Waals surface area contributed by atoms with E-state index < -0.39 is 8.56 Å². The van der Waals surface area contributed by atoms with Crippen LogP contribution in [0, 0.1) is 0 Å². The Morgan fingerprint density at radius 3 is 2.25 bits per heavy atom. The third kappa shape index (κ3) is 4.14. The molecule has 16 heavy (non-hydrogen) atoms. The first-order valence-electron chi connectivity index (χ1n) is 6.20. The van der Waals surface area contributed by atoms with E-state index in [4.69, 9.17) is 8.85 Å². The van der Waals surface area contributed by atoms with E-state index in [0.29, 0.717) is 0 Å². The molecule has 0 atom stereocenters. The molecule has 1 aliphatic rings. The molecule has 0 unspecified atom stereocenters. The minimum Gasteiger partial charge on any atom is -0.396 e. The van der Waals surface area contributed by atoms with Gasteiger partial charge in [0.05, 0.1) is 6.23 Å². The molecule has 96 valence electrons. The standard InChI is InChI=1S/C11H25NO3Si/c1-14-16(11-13,15-2)10-6-9-12-7-4-3-5-8-12/h13H,3-11H2,1-2H3. The molecule has 0 bridgehead atoms. The summed E-state index contributed by atoms with van der Waals surface area (Å²) in [5, 5.41) is 9.31. The van der Waals surface area contributed by atoms with E-state index in [0.717, 1.165) is 19.0 Å². The lowest BCUT2D eigenvalue weighted by Crippen LogP contribution is -2.45. The Morgan fingerprint density at radius 2 is 1.75 bits per heavy atom. The van der Waals surface area contributed by atoms with Crippen molar-refractivity contribution < 1.29 is 14.0 Å². The number of likely N-dealkylation sites (tertiary alicyclic amines) is 1. The van der Waals surface area contributed by atoms with Gasteiger partial charge in [-0.25, -0.2) is 0 Å². The minimum atomic E-state index is -2.27. The number of piperidine rings is 1. The molecule has 0 spiro atoms. The van der Waals surface area contributed by atoms with Gasteiger partial charge in [-0.2, -0.15) is 0 Å². The molecule has 1 heterocycles. The number of aliphatic hydroxyl groups is 1. The number of hydrogen-bond donors (Lipinski definition) is 1. The predicted molar refractivity (Wildman–Crippen MR) is 66.6 cm³/mol. The fourth-order valence-corrected chi connectivity index (χ4v) is 3.94. The fourth-order valence-electron chi connectivity index (χ4n) is 2.25. The van der Waals surface area contributed by atoms with Gasteiger partial charge in [-0.15, -0.1) is 0 Å². The van der Waals surface area contributed by atoms with Crippen LogP contribution in [-0.4, -0.2) is 58.7 Å². The highest BCUT2D eigenvalue weighted by molar-refractivity contribution is 6.67. The molecule has 1 saturated heterocycles. The third-order valence-corrected chi connectivity index (χ3v) is 6.55. The van der Waals surface area contributed by atoms with E-state index in [1.807, 2.05) is 0 Å². The SMILES string of the molecule is CO[Si](CO)(CCCN1CCCCC1)OC.